The Hall–Kier alpha value is -2.43. The fourth-order valence-electron chi connectivity index (χ4n) is 1.60. The molecule has 0 bridgehead atoms. The lowest BCUT2D eigenvalue weighted by Crippen LogP contribution is -2.17. The van der Waals surface area contributed by atoms with Gasteiger partial charge in [-0.05, 0) is 6.92 Å². The number of hydrogen-bond donors (Lipinski definition) is 3. The monoisotopic (exact) mass is 302 g/mol. The molecule has 0 spiro atoms. The number of nitrogens with one attached hydrogen (secondary N) is 2. The van der Waals surface area contributed by atoms with Crippen molar-refractivity contribution in [2.24, 2.45) is 5.84 Å². The van der Waals surface area contributed by atoms with Crippen LogP contribution in [0.25, 0.3) is 0 Å². The molecule has 2 heterocycles. The van der Waals surface area contributed by atoms with Crippen LogP contribution in [-0.4, -0.2) is 24.7 Å². The third kappa shape index (κ3) is 3.56. The summed E-state index contributed by atoms with van der Waals surface area (Å²) in [5, 5.41) is 10.3. The molecule has 11 heteroatoms. The quantitative estimate of drug-likeness (QED) is 0.559. The van der Waals surface area contributed by atoms with Gasteiger partial charge in [0.25, 0.3) is 0 Å². The summed E-state index contributed by atoms with van der Waals surface area (Å²) in [7, 11) is 0. The lowest BCUT2D eigenvalue weighted by molar-refractivity contribution is -0.141. The molecule has 8 nitrogen and oxygen atoms in total. The molecular formula is C10H13F3N8. The lowest BCUT2D eigenvalue weighted by Gasteiger charge is -2.11. The van der Waals surface area contributed by atoms with Crippen LogP contribution in [0.5, 0.6) is 0 Å². The second-order valence-corrected chi connectivity index (χ2v) is 3.99. The summed E-state index contributed by atoms with van der Waals surface area (Å²) in [5.74, 6) is 5.30. The Balaban J connectivity index is 2.19. The van der Waals surface area contributed by atoms with Gasteiger partial charge in [-0.15, -0.1) is 10.2 Å². The zero-order chi connectivity index (χ0) is 15.5. The summed E-state index contributed by atoms with van der Waals surface area (Å²) in [6.45, 7) is 2.72. The van der Waals surface area contributed by atoms with Crippen LogP contribution in [0.4, 0.5) is 24.9 Å². The average Bonchev–Trinajstić information content (AvgIpc) is 2.91. The normalized spacial score (nSPS) is 11.5. The highest BCUT2D eigenvalue weighted by atomic mass is 19.4. The highest BCUT2D eigenvalue weighted by Gasteiger charge is 2.33. The zero-order valence-corrected chi connectivity index (χ0v) is 11.0. The van der Waals surface area contributed by atoms with Crippen LogP contribution < -0.4 is 16.6 Å². The second kappa shape index (κ2) is 5.91. The number of anilines is 2. The fourth-order valence-corrected chi connectivity index (χ4v) is 1.60. The zero-order valence-electron chi connectivity index (χ0n) is 11.0. The predicted octanol–water partition coefficient (Wildman–Crippen LogP) is 1.00. The van der Waals surface area contributed by atoms with Crippen LogP contribution in [-0.2, 0) is 19.3 Å². The van der Waals surface area contributed by atoms with Crippen molar-refractivity contribution in [2.45, 2.75) is 26.2 Å². The van der Waals surface area contributed by atoms with Gasteiger partial charge < -0.3 is 9.88 Å². The third-order valence-corrected chi connectivity index (χ3v) is 2.61. The third-order valence-electron chi connectivity index (χ3n) is 2.61. The molecule has 2 aromatic rings. The van der Waals surface area contributed by atoms with E-state index in [0.29, 0.717) is 12.4 Å². The van der Waals surface area contributed by atoms with Gasteiger partial charge in [0, 0.05) is 12.6 Å². The summed E-state index contributed by atoms with van der Waals surface area (Å²) < 4.78 is 39.9. The Morgan fingerprint density at radius 2 is 2.10 bits per heavy atom. The minimum Gasteiger partial charge on any atom is -0.363 e. The molecule has 0 radical (unpaired) electrons. The number of hydrogen-bond acceptors (Lipinski definition) is 7. The molecule has 0 aliphatic heterocycles. The van der Waals surface area contributed by atoms with Crippen molar-refractivity contribution in [3.8, 4) is 0 Å². The van der Waals surface area contributed by atoms with Gasteiger partial charge in [-0.1, -0.05) is 0 Å². The number of nitrogens with two attached hydrogens (primary N) is 1. The number of halogens is 3. The van der Waals surface area contributed by atoms with Crippen molar-refractivity contribution in [1.29, 1.82) is 0 Å². The van der Waals surface area contributed by atoms with E-state index in [9.17, 15) is 13.2 Å². The highest BCUT2D eigenvalue weighted by molar-refractivity contribution is 5.42. The molecule has 0 atom stereocenters. The van der Waals surface area contributed by atoms with Crippen molar-refractivity contribution in [3.05, 3.63) is 23.9 Å². The molecule has 0 amide bonds. The molecule has 4 N–H and O–H groups in total. The minimum atomic E-state index is -4.59. The molecule has 0 aliphatic rings. The Morgan fingerprint density at radius 1 is 1.33 bits per heavy atom. The number of alkyl halides is 3. The highest BCUT2D eigenvalue weighted by Crippen LogP contribution is 2.29. The van der Waals surface area contributed by atoms with Crippen molar-refractivity contribution < 1.29 is 13.2 Å². The standard InChI is InChI=1S/C10H13F3N8/c1-2-21-5-16-20-8(21)4-15-7-3-6(10(11,12)13)17-9(18-7)19-14/h3,5H,2,4,14H2,1H3,(H2,15,17,18,19). The van der Waals surface area contributed by atoms with Gasteiger partial charge in [-0.2, -0.15) is 18.2 Å². The van der Waals surface area contributed by atoms with Crippen LogP contribution in [0.15, 0.2) is 12.4 Å². The van der Waals surface area contributed by atoms with Gasteiger partial charge in [0.2, 0.25) is 5.95 Å². The maximum absolute atomic E-state index is 12.7. The van der Waals surface area contributed by atoms with Crippen LogP contribution in [0.3, 0.4) is 0 Å². The number of nitrogens with zero attached hydrogens (tertiary/aromatic N) is 5. The summed E-state index contributed by atoms with van der Waals surface area (Å²) in [6.07, 6.45) is -3.06. The van der Waals surface area contributed by atoms with Gasteiger partial charge in [0.1, 0.15) is 12.1 Å². The molecule has 0 fully saturated rings. The summed E-state index contributed by atoms with van der Waals surface area (Å²) in [4.78, 5) is 7.06. The Morgan fingerprint density at radius 3 is 2.71 bits per heavy atom. The van der Waals surface area contributed by atoms with E-state index in [2.05, 4.69) is 25.5 Å². The van der Waals surface area contributed by atoms with E-state index >= 15 is 0 Å². The molecule has 2 aromatic heterocycles. The first-order valence-corrected chi connectivity index (χ1v) is 5.97. The fraction of sp³-hybridized carbons (Fsp3) is 0.400. The molecule has 0 aliphatic carbocycles. The van der Waals surface area contributed by atoms with E-state index < -0.39 is 11.9 Å². The predicted molar refractivity (Wildman–Crippen MR) is 67.9 cm³/mol. The van der Waals surface area contributed by atoms with Crippen LogP contribution in [0.2, 0.25) is 0 Å². The first-order valence-electron chi connectivity index (χ1n) is 5.97. The van der Waals surface area contributed by atoms with Crippen molar-refractivity contribution >= 4 is 11.8 Å². The molecular weight excluding hydrogens is 289 g/mol. The van der Waals surface area contributed by atoms with Crippen molar-refractivity contribution in [3.63, 3.8) is 0 Å². The summed E-state index contributed by atoms with van der Waals surface area (Å²) >= 11 is 0. The minimum absolute atomic E-state index is 0.0177. The Kier molecular flexibility index (Phi) is 4.21. The molecule has 21 heavy (non-hydrogen) atoms. The van der Waals surface area contributed by atoms with E-state index in [1.807, 2.05) is 12.3 Å². The number of aromatic nitrogens is 5. The Labute approximate surface area is 117 Å². The maximum Gasteiger partial charge on any atom is 0.433 e. The number of rotatable bonds is 5. The van der Waals surface area contributed by atoms with E-state index in [1.54, 1.807) is 4.57 Å². The number of hydrazine groups is 1. The van der Waals surface area contributed by atoms with E-state index in [1.165, 1.54) is 6.33 Å². The number of nitrogen functional groups attached to an aromatic ring is 1. The summed E-state index contributed by atoms with van der Waals surface area (Å²) in [6, 6.07) is 0.799. The van der Waals surface area contributed by atoms with Crippen LogP contribution >= 0.6 is 0 Å². The molecule has 0 saturated heterocycles. The van der Waals surface area contributed by atoms with Gasteiger partial charge in [-0.25, -0.2) is 10.8 Å². The maximum atomic E-state index is 12.7. The Bertz CT molecular complexity index is 609. The van der Waals surface area contributed by atoms with Crippen LogP contribution in [0.1, 0.15) is 18.4 Å². The average molecular weight is 302 g/mol. The van der Waals surface area contributed by atoms with E-state index in [0.717, 1.165) is 6.07 Å². The van der Waals surface area contributed by atoms with E-state index in [-0.39, 0.29) is 18.3 Å². The van der Waals surface area contributed by atoms with Crippen molar-refractivity contribution in [2.75, 3.05) is 10.7 Å². The smallest absolute Gasteiger partial charge is 0.363 e. The first kappa shape index (κ1) is 15.0. The van der Waals surface area contributed by atoms with Gasteiger partial charge >= 0.3 is 6.18 Å². The summed E-state index contributed by atoms with van der Waals surface area (Å²) in [5.41, 5.74) is 0.908. The van der Waals surface area contributed by atoms with Crippen molar-refractivity contribution in [1.82, 2.24) is 24.7 Å². The molecule has 2 rings (SSSR count). The molecule has 0 aromatic carbocycles. The molecule has 0 unspecified atom stereocenters. The lowest BCUT2D eigenvalue weighted by atomic mass is 10.3. The van der Waals surface area contributed by atoms with E-state index in [4.69, 9.17) is 5.84 Å². The molecule has 0 saturated carbocycles. The van der Waals surface area contributed by atoms with Crippen LogP contribution in [0, 0.1) is 0 Å². The second-order valence-electron chi connectivity index (χ2n) is 3.99. The topological polar surface area (TPSA) is 107 Å². The largest absolute Gasteiger partial charge is 0.433 e. The first-order chi connectivity index (χ1) is 9.94. The number of aryl methyl sites for hydroxylation is 1. The van der Waals surface area contributed by atoms with Gasteiger partial charge in [0.05, 0.1) is 6.54 Å². The molecule has 114 valence electrons. The van der Waals surface area contributed by atoms with Gasteiger partial charge in [0.15, 0.2) is 11.5 Å². The van der Waals surface area contributed by atoms with Gasteiger partial charge in [-0.3, -0.25) is 5.43 Å². The SMILES string of the molecule is CCn1cnnc1CNc1cc(C(F)(F)F)nc(NN)n1.